The molecule has 1 aromatic heterocycles. The zero-order valence-corrected chi connectivity index (χ0v) is 16.4. The fourth-order valence-electron chi connectivity index (χ4n) is 2.09. The molecule has 1 aromatic carbocycles. The molecule has 2 aromatic rings. The summed E-state index contributed by atoms with van der Waals surface area (Å²) < 4.78 is 10.7. The standard InChI is InChI=1S/C19H27N5O3/c1-6-13(5)21-18-22-17(20-12(3)4)23-19(24-18)27-15-10-8-14(9-11-15)16(25)26-7-2/h8-13H,6-7H2,1-5H3,(H2,20,21,22,23,24)/t13-/m1/s1. The minimum absolute atomic E-state index is 0.167. The summed E-state index contributed by atoms with van der Waals surface area (Å²) in [6.45, 7) is 10.2. The first-order valence-corrected chi connectivity index (χ1v) is 9.15. The zero-order valence-electron chi connectivity index (χ0n) is 16.4. The van der Waals surface area contributed by atoms with Gasteiger partial charge in [-0.25, -0.2) is 4.79 Å². The minimum Gasteiger partial charge on any atom is -0.462 e. The molecular formula is C19H27N5O3. The van der Waals surface area contributed by atoms with E-state index >= 15 is 0 Å². The van der Waals surface area contributed by atoms with Crippen molar-refractivity contribution in [3.8, 4) is 11.8 Å². The van der Waals surface area contributed by atoms with Gasteiger partial charge in [0.1, 0.15) is 5.75 Å². The van der Waals surface area contributed by atoms with Gasteiger partial charge in [-0.3, -0.25) is 0 Å². The summed E-state index contributed by atoms with van der Waals surface area (Å²) in [6, 6.07) is 7.18. The van der Waals surface area contributed by atoms with Crippen molar-refractivity contribution in [2.45, 2.75) is 53.1 Å². The monoisotopic (exact) mass is 373 g/mol. The number of benzene rings is 1. The second-order valence-electron chi connectivity index (χ2n) is 6.36. The van der Waals surface area contributed by atoms with Crippen LogP contribution in [0.25, 0.3) is 0 Å². The molecule has 0 fully saturated rings. The van der Waals surface area contributed by atoms with E-state index in [1.807, 2.05) is 20.8 Å². The van der Waals surface area contributed by atoms with Crippen molar-refractivity contribution in [2.24, 2.45) is 0 Å². The summed E-state index contributed by atoms with van der Waals surface area (Å²) in [7, 11) is 0. The zero-order chi connectivity index (χ0) is 19.8. The Kier molecular flexibility index (Phi) is 7.34. The van der Waals surface area contributed by atoms with E-state index in [4.69, 9.17) is 9.47 Å². The number of nitrogens with zero attached hydrogens (tertiary/aromatic N) is 3. The van der Waals surface area contributed by atoms with E-state index in [2.05, 4.69) is 32.5 Å². The van der Waals surface area contributed by atoms with Gasteiger partial charge >= 0.3 is 12.0 Å². The summed E-state index contributed by atoms with van der Waals surface area (Å²) in [5, 5.41) is 6.38. The normalized spacial score (nSPS) is 11.8. The second-order valence-corrected chi connectivity index (χ2v) is 6.36. The molecule has 0 radical (unpaired) electrons. The fraction of sp³-hybridized carbons (Fsp3) is 0.474. The van der Waals surface area contributed by atoms with Crippen LogP contribution < -0.4 is 15.4 Å². The molecule has 0 bridgehead atoms. The van der Waals surface area contributed by atoms with Gasteiger partial charge in [-0.1, -0.05) is 6.92 Å². The van der Waals surface area contributed by atoms with Crippen LogP contribution in [0.3, 0.4) is 0 Å². The molecule has 0 spiro atoms. The Morgan fingerprint density at radius 3 is 2.19 bits per heavy atom. The van der Waals surface area contributed by atoms with Gasteiger partial charge in [-0.15, -0.1) is 0 Å². The third-order valence-electron chi connectivity index (χ3n) is 3.60. The molecule has 0 saturated carbocycles. The van der Waals surface area contributed by atoms with Crippen LogP contribution in [0.4, 0.5) is 11.9 Å². The summed E-state index contributed by atoms with van der Waals surface area (Å²) in [5.74, 6) is 1.02. The number of hydrogen-bond donors (Lipinski definition) is 2. The number of ether oxygens (including phenoxy) is 2. The molecule has 0 aliphatic heterocycles. The first kappa shape index (κ1) is 20.4. The van der Waals surface area contributed by atoms with Crippen LogP contribution >= 0.6 is 0 Å². The quantitative estimate of drug-likeness (QED) is 0.639. The highest BCUT2D eigenvalue weighted by molar-refractivity contribution is 5.89. The molecule has 0 saturated heterocycles. The van der Waals surface area contributed by atoms with E-state index in [1.54, 1.807) is 31.2 Å². The van der Waals surface area contributed by atoms with Crippen LogP contribution in [0.2, 0.25) is 0 Å². The van der Waals surface area contributed by atoms with Gasteiger partial charge < -0.3 is 20.1 Å². The van der Waals surface area contributed by atoms with Crippen LogP contribution in [0.5, 0.6) is 11.8 Å². The third-order valence-corrected chi connectivity index (χ3v) is 3.60. The Hall–Kier alpha value is -2.90. The van der Waals surface area contributed by atoms with E-state index in [1.165, 1.54) is 0 Å². The van der Waals surface area contributed by atoms with Gasteiger partial charge in [0.15, 0.2) is 0 Å². The molecule has 8 heteroatoms. The van der Waals surface area contributed by atoms with E-state index in [0.717, 1.165) is 6.42 Å². The van der Waals surface area contributed by atoms with Crippen molar-refractivity contribution < 1.29 is 14.3 Å². The second kappa shape index (κ2) is 9.70. The number of carbonyl (C=O) groups excluding carboxylic acids is 1. The molecular weight excluding hydrogens is 346 g/mol. The van der Waals surface area contributed by atoms with Gasteiger partial charge in [0, 0.05) is 12.1 Å². The number of esters is 1. The van der Waals surface area contributed by atoms with Crippen LogP contribution in [0.15, 0.2) is 24.3 Å². The SMILES string of the molecule is CCOC(=O)c1ccc(Oc2nc(NC(C)C)nc(N[C@H](C)CC)n2)cc1. The molecule has 27 heavy (non-hydrogen) atoms. The van der Waals surface area contributed by atoms with Crippen molar-refractivity contribution in [2.75, 3.05) is 17.2 Å². The third kappa shape index (κ3) is 6.40. The van der Waals surface area contributed by atoms with Crippen LogP contribution in [0, 0.1) is 0 Å². The summed E-state index contributed by atoms with van der Waals surface area (Å²) in [5.41, 5.74) is 0.459. The topological polar surface area (TPSA) is 98.3 Å². The first-order valence-electron chi connectivity index (χ1n) is 9.15. The van der Waals surface area contributed by atoms with E-state index < -0.39 is 0 Å². The molecule has 146 valence electrons. The Bertz CT molecular complexity index is 750. The lowest BCUT2D eigenvalue weighted by Crippen LogP contribution is -2.19. The summed E-state index contributed by atoms with van der Waals surface area (Å²) in [6.07, 6.45) is 0.935. The predicted octanol–water partition coefficient (Wildman–Crippen LogP) is 3.87. The average Bonchev–Trinajstić information content (AvgIpc) is 2.61. The van der Waals surface area contributed by atoms with Gasteiger partial charge in [-0.2, -0.15) is 15.0 Å². The molecule has 1 atom stereocenters. The Balaban J connectivity index is 2.20. The summed E-state index contributed by atoms with van der Waals surface area (Å²) in [4.78, 5) is 24.7. The van der Waals surface area contributed by atoms with Crippen LogP contribution in [0.1, 0.15) is 51.4 Å². The molecule has 1 heterocycles. The summed E-state index contributed by atoms with van der Waals surface area (Å²) >= 11 is 0. The Labute approximate surface area is 159 Å². The highest BCUT2D eigenvalue weighted by atomic mass is 16.5. The number of nitrogens with one attached hydrogen (secondary N) is 2. The minimum atomic E-state index is -0.368. The number of anilines is 2. The van der Waals surface area contributed by atoms with E-state index in [9.17, 15) is 4.79 Å². The highest BCUT2D eigenvalue weighted by Crippen LogP contribution is 2.21. The molecule has 0 aliphatic carbocycles. The van der Waals surface area contributed by atoms with Gasteiger partial charge in [0.2, 0.25) is 11.9 Å². The lowest BCUT2D eigenvalue weighted by molar-refractivity contribution is 0.0526. The van der Waals surface area contributed by atoms with Crippen molar-refractivity contribution >= 4 is 17.9 Å². The van der Waals surface area contributed by atoms with Crippen molar-refractivity contribution in [3.05, 3.63) is 29.8 Å². The van der Waals surface area contributed by atoms with Crippen molar-refractivity contribution in [1.82, 2.24) is 15.0 Å². The Morgan fingerprint density at radius 2 is 1.63 bits per heavy atom. The largest absolute Gasteiger partial charge is 0.462 e. The van der Waals surface area contributed by atoms with Gasteiger partial charge in [0.05, 0.1) is 12.2 Å². The molecule has 0 amide bonds. The van der Waals surface area contributed by atoms with Gasteiger partial charge in [0.25, 0.3) is 0 Å². The molecule has 8 nitrogen and oxygen atoms in total. The molecule has 0 aliphatic rings. The average molecular weight is 373 g/mol. The molecule has 2 N–H and O–H groups in total. The number of rotatable bonds is 9. The maximum atomic E-state index is 11.7. The van der Waals surface area contributed by atoms with Crippen LogP contribution in [-0.4, -0.2) is 39.6 Å². The smallest absolute Gasteiger partial charge is 0.338 e. The van der Waals surface area contributed by atoms with E-state index in [0.29, 0.717) is 29.8 Å². The molecule has 2 rings (SSSR count). The first-order chi connectivity index (χ1) is 12.9. The number of carbonyl (C=O) groups is 1. The Morgan fingerprint density at radius 1 is 1.00 bits per heavy atom. The van der Waals surface area contributed by atoms with Crippen molar-refractivity contribution in [3.63, 3.8) is 0 Å². The maximum Gasteiger partial charge on any atom is 0.338 e. The van der Waals surface area contributed by atoms with Crippen molar-refractivity contribution in [1.29, 1.82) is 0 Å². The van der Waals surface area contributed by atoms with E-state index in [-0.39, 0.29) is 24.1 Å². The molecule has 0 unspecified atom stereocenters. The maximum absolute atomic E-state index is 11.7. The highest BCUT2D eigenvalue weighted by Gasteiger charge is 2.12. The van der Waals surface area contributed by atoms with Gasteiger partial charge in [-0.05, 0) is 58.4 Å². The fourth-order valence-corrected chi connectivity index (χ4v) is 2.09. The predicted molar refractivity (Wildman–Crippen MR) is 104 cm³/mol. The lowest BCUT2D eigenvalue weighted by Gasteiger charge is -2.14. The van der Waals surface area contributed by atoms with Crippen LogP contribution in [-0.2, 0) is 4.74 Å². The lowest BCUT2D eigenvalue weighted by atomic mass is 10.2. The number of hydrogen-bond acceptors (Lipinski definition) is 8. The number of aromatic nitrogens is 3.